The van der Waals surface area contributed by atoms with Gasteiger partial charge in [-0.2, -0.15) is 4.98 Å². The van der Waals surface area contributed by atoms with Crippen LogP contribution in [0.1, 0.15) is 17.3 Å². The summed E-state index contributed by atoms with van der Waals surface area (Å²) in [5.41, 5.74) is 4.57. The molecular formula is C13H12ClN5O4. The lowest BCUT2D eigenvalue weighted by molar-refractivity contribution is -0.385. The molecular weight excluding hydrogens is 326 g/mol. The van der Waals surface area contributed by atoms with E-state index in [1.807, 2.05) is 0 Å². The van der Waals surface area contributed by atoms with E-state index in [1.54, 1.807) is 19.1 Å². The van der Waals surface area contributed by atoms with Crippen molar-refractivity contribution in [2.24, 2.45) is 0 Å². The highest BCUT2D eigenvalue weighted by atomic mass is 35.5. The fourth-order valence-corrected chi connectivity index (χ4v) is 1.78. The number of ether oxygens (including phenoxy) is 1. The molecule has 0 fully saturated rings. The first-order valence-corrected chi connectivity index (χ1v) is 6.84. The van der Waals surface area contributed by atoms with E-state index in [0.717, 1.165) is 6.33 Å². The lowest BCUT2D eigenvalue weighted by atomic mass is 10.2. The van der Waals surface area contributed by atoms with E-state index >= 15 is 0 Å². The second kappa shape index (κ2) is 7.36. The van der Waals surface area contributed by atoms with Crippen molar-refractivity contribution in [3.05, 3.63) is 51.3 Å². The van der Waals surface area contributed by atoms with E-state index in [-0.39, 0.29) is 18.3 Å². The zero-order valence-corrected chi connectivity index (χ0v) is 12.7. The van der Waals surface area contributed by atoms with Gasteiger partial charge < -0.3 is 4.74 Å². The molecule has 0 saturated carbocycles. The first-order valence-electron chi connectivity index (χ1n) is 6.47. The van der Waals surface area contributed by atoms with Crippen LogP contribution in [0.4, 0.5) is 11.5 Å². The van der Waals surface area contributed by atoms with Crippen molar-refractivity contribution < 1.29 is 14.5 Å². The Kier molecular flexibility index (Phi) is 5.26. The number of nitrogens with zero attached hydrogens (tertiary/aromatic N) is 3. The van der Waals surface area contributed by atoms with Crippen LogP contribution in [-0.2, 0) is 0 Å². The lowest BCUT2D eigenvalue weighted by Gasteiger charge is -2.09. The summed E-state index contributed by atoms with van der Waals surface area (Å²) < 4.78 is 5.08. The third-order valence-corrected chi connectivity index (χ3v) is 2.91. The van der Waals surface area contributed by atoms with Crippen molar-refractivity contribution in [1.82, 2.24) is 15.4 Å². The molecule has 0 aliphatic heterocycles. The Labute approximate surface area is 135 Å². The molecule has 0 saturated heterocycles. The van der Waals surface area contributed by atoms with Crippen molar-refractivity contribution in [1.29, 1.82) is 0 Å². The van der Waals surface area contributed by atoms with Gasteiger partial charge in [-0.05, 0) is 31.2 Å². The number of halogens is 1. The average molecular weight is 338 g/mol. The number of anilines is 1. The van der Waals surface area contributed by atoms with Gasteiger partial charge in [0, 0.05) is 10.6 Å². The van der Waals surface area contributed by atoms with Gasteiger partial charge >= 0.3 is 5.69 Å². The third kappa shape index (κ3) is 4.04. The maximum absolute atomic E-state index is 12.0. The Morgan fingerprint density at radius 3 is 2.65 bits per heavy atom. The van der Waals surface area contributed by atoms with Crippen LogP contribution in [0.15, 0.2) is 30.6 Å². The van der Waals surface area contributed by atoms with Gasteiger partial charge in [-0.25, -0.2) is 4.98 Å². The molecule has 0 atom stereocenters. The summed E-state index contributed by atoms with van der Waals surface area (Å²) in [6.07, 6.45) is 1.09. The highest BCUT2D eigenvalue weighted by Crippen LogP contribution is 2.30. The van der Waals surface area contributed by atoms with Crippen LogP contribution in [0.5, 0.6) is 5.88 Å². The predicted octanol–water partition coefficient (Wildman–Crippen LogP) is 2.19. The molecule has 10 heteroatoms. The number of hydrogen-bond acceptors (Lipinski definition) is 7. The number of hydrazine groups is 1. The molecule has 0 unspecified atom stereocenters. The van der Waals surface area contributed by atoms with E-state index in [1.165, 1.54) is 12.1 Å². The summed E-state index contributed by atoms with van der Waals surface area (Å²) >= 11 is 5.74. The van der Waals surface area contributed by atoms with Crippen molar-refractivity contribution >= 4 is 29.0 Å². The fraction of sp³-hybridized carbons (Fsp3) is 0.154. The molecule has 1 aromatic heterocycles. The summed E-state index contributed by atoms with van der Waals surface area (Å²) in [7, 11) is 0. The summed E-state index contributed by atoms with van der Waals surface area (Å²) in [6, 6.07) is 6.13. The molecule has 0 spiro atoms. The Hall–Kier alpha value is -2.94. The van der Waals surface area contributed by atoms with Crippen LogP contribution < -0.4 is 15.6 Å². The molecule has 23 heavy (non-hydrogen) atoms. The molecule has 1 heterocycles. The van der Waals surface area contributed by atoms with Gasteiger partial charge in [0.05, 0.1) is 11.5 Å². The predicted molar refractivity (Wildman–Crippen MR) is 82.4 cm³/mol. The number of rotatable bonds is 6. The van der Waals surface area contributed by atoms with Crippen molar-refractivity contribution in [2.75, 3.05) is 12.0 Å². The quantitative estimate of drug-likeness (QED) is 0.612. The van der Waals surface area contributed by atoms with E-state index in [9.17, 15) is 14.9 Å². The molecule has 0 bridgehead atoms. The zero-order valence-electron chi connectivity index (χ0n) is 11.9. The highest BCUT2D eigenvalue weighted by Gasteiger charge is 2.24. The monoisotopic (exact) mass is 337 g/mol. The van der Waals surface area contributed by atoms with Gasteiger partial charge in [0.25, 0.3) is 11.8 Å². The van der Waals surface area contributed by atoms with Gasteiger partial charge in [-0.15, -0.1) is 0 Å². The van der Waals surface area contributed by atoms with Gasteiger partial charge in [-0.1, -0.05) is 11.6 Å². The van der Waals surface area contributed by atoms with Crippen LogP contribution in [0.2, 0.25) is 5.02 Å². The number of hydrogen-bond donors (Lipinski definition) is 2. The molecule has 2 N–H and O–H groups in total. The number of carbonyl (C=O) groups is 1. The van der Waals surface area contributed by atoms with Crippen LogP contribution in [0.25, 0.3) is 0 Å². The largest absolute Gasteiger partial charge is 0.473 e. The van der Waals surface area contributed by atoms with Gasteiger partial charge in [0.15, 0.2) is 0 Å². The highest BCUT2D eigenvalue weighted by molar-refractivity contribution is 6.30. The van der Waals surface area contributed by atoms with Crippen LogP contribution in [0, 0.1) is 10.1 Å². The molecule has 120 valence electrons. The van der Waals surface area contributed by atoms with E-state index in [2.05, 4.69) is 20.8 Å². The Morgan fingerprint density at radius 2 is 2.04 bits per heavy atom. The van der Waals surface area contributed by atoms with E-state index in [4.69, 9.17) is 16.3 Å². The Morgan fingerprint density at radius 1 is 1.35 bits per heavy atom. The molecule has 9 nitrogen and oxygen atoms in total. The number of aromatic nitrogens is 2. The second-order valence-electron chi connectivity index (χ2n) is 4.15. The van der Waals surface area contributed by atoms with Crippen molar-refractivity contribution in [3.8, 4) is 5.88 Å². The number of benzene rings is 1. The van der Waals surface area contributed by atoms with Crippen molar-refractivity contribution in [2.45, 2.75) is 6.92 Å². The standard InChI is InChI=1S/C13H12ClN5O4/c1-2-23-13-10(19(21)22)11(15-7-16-13)17-18-12(20)8-3-5-9(14)6-4-8/h3-7H,2H2,1H3,(H,18,20)(H,15,16,17). The summed E-state index contributed by atoms with van der Waals surface area (Å²) in [5.74, 6) is -0.876. The average Bonchev–Trinajstić information content (AvgIpc) is 2.53. The molecule has 2 rings (SSSR count). The second-order valence-corrected chi connectivity index (χ2v) is 4.59. The molecule has 1 amide bonds. The van der Waals surface area contributed by atoms with Gasteiger partial charge in [0.2, 0.25) is 5.82 Å². The minimum atomic E-state index is -0.693. The maximum atomic E-state index is 12.0. The minimum Gasteiger partial charge on any atom is -0.473 e. The number of carbonyl (C=O) groups excluding carboxylic acids is 1. The van der Waals surface area contributed by atoms with Crippen LogP contribution >= 0.6 is 11.6 Å². The number of nitrogens with one attached hydrogen (secondary N) is 2. The van der Waals surface area contributed by atoms with E-state index < -0.39 is 16.5 Å². The maximum Gasteiger partial charge on any atom is 0.374 e. The zero-order chi connectivity index (χ0) is 16.8. The molecule has 0 aliphatic carbocycles. The van der Waals surface area contributed by atoms with Crippen molar-refractivity contribution in [3.63, 3.8) is 0 Å². The first-order chi connectivity index (χ1) is 11.0. The molecule has 1 aromatic carbocycles. The fourth-order valence-electron chi connectivity index (χ4n) is 1.65. The minimum absolute atomic E-state index is 0.184. The summed E-state index contributed by atoms with van der Waals surface area (Å²) in [5, 5.41) is 11.6. The van der Waals surface area contributed by atoms with Gasteiger partial charge in [0.1, 0.15) is 6.33 Å². The summed E-state index contributed by atoms with van der Waals surface area (Å²) in [4.78, 5) is 29.9. The molecule has 0 radical (unpaired) electrons. The molecule has 2 aromatic rings. The third-order valence-electron chi connectivity index (χ3n) is 2.65. The summed E-state index contributed by atoms with van der Waals surface area (Å²) in [6.45, 7) is 1.87. The number of nitro groups is 1. The molecule has 0 aliphatic rings. The smallest absolute Gasteiger partial charge is 0.374 e. The lowest BCUT2D eigenvalue weighted by Crippen LogP contribution is -2.30. The van der Waals surface area contributed by atoms with Crippen LogP contribution in [-0.4, -0.2) is 27.4 Å². The normalized spacial score (nSPS) is 10.0. The number of amides is 1. The Balaban J connectivity index is 2.16. The first kappa shape index (κ1) is 16.4. The van der Waals surface area contributed by atoms with Gasteiger partial charge in [-0.3, -0.25) is 25.8 Å². The Bertz CT molecular complexity index is 723. The SMILES string of the molecule is CCOc1ncnc(NNC(=O)c2ccc(Cl)cc2)c1[N+](=O)[O-]. The van der Waals surface area contributed by atoms with E-state index in [0.29, 0.717) is 10.6 Å². The topological polar surface area (TPSA) is 119 Å². The van der Waals surface area contributed by atoms with Crippen LogP contribution in [0.3, 0.4) is 0 Å².